The first-order valence-electron chi connectivity index (χ1n) is 16.7. The normalized spacial score (nSPS) is 11.3. The van der Waals surface area contributed by atoms with E-state index in [9.17, 15) is 13.9 Å². The predicted octanol–water partition coefficient (Wildman–Crippen LogP) is 8.92. The maximum absolute atomic E-state index is 13.8. The van der Waals surface area contributed by atoms with E-state index >= 15 is 0 Å². The van der Waals surface area contributed by atoms with Gasteiger partial charge in [-0.15, -0.1) is 0 Å². The fourth-order valence-electron chi connectivity index (χ4n) is 6.21. The lowest BCUT2D eigenvalue weighted by Gasteiger charge is -2.12. The quantitative estimate of drug-likeness (QED) is 0.174. The molecule has 0 spiro atoms. The van der Waals surface area contributed by atoms with Gasteiger partial charge in [-0.3, -0.25) is 9.97 Å². The van der Waals surface area contributed by atoms with Crippen LogP contribution >= 0.6 is 31.9 Å². The number of phenols is 1. The van der Waals surface area contributed by atoms with Gasteiger partial charge in [-0.05, 0) is 82.1 Å². The van der Waals surface area contributed by atoms with Crippen molar-refractivity contribution in [2.24, 2.45) is 0 Å². The van der Waals surface area contributed by atoms with Gasteiger partial charge in [-0.25, -0.2) is 38.7 Å². The molecule has 2 aromatic carbocycles. The van der Waals surface area contributed by atoms with E-state index in [2.05, 4.69) is 85.8 Å². The molecule has 15 heteroatoms. The molecule has 11 nitrogen and oxygen atoms in total. The molecule has 0 fully saturated rings. The van der Waals surface area contributed by atoms with E-state index in [-0.39, 0.29) is 5.75 Å². The van der Waals surface area contributed by atoms with Crippen LogP contribution in [-0.4, -0.2) is 54.1 Å². The monoisotopic (exact) mass is 852 g/mol. The molecule has 8 aromatic rings. The van der Waals surface area contributed by atoms with Gasteiger partial charge in [0.05, 0.1) is 36.9 Å². The molecule has 0 saturated carbocycles. The van der Waals surface area contributed by atoms with Gasteiger partial charge in [0.25, 0.3) is 0 Å². The summed E-state index contributed by atoms with van der Waals surface area (Å²) in [5.41, 5.74) is 8.37. The smallest absolute Gasteiger partial charge is 0.164 e. The number of phenolic OH excluding ortho intramolecular Hbond substituents is 1. The minimum atomic E-state index is -0.448. The minimum Gasteiger partial charge on any atom is -0.508 e. The largest absolute Gasteiger partial charge is 0.508 e. The maximum Gasteiger partial charge on any atom is 0.164 e. The Kier molecular flexibility index (Phi) is 10.3. The Morgan fingerprint density at radius 3 is 1.50 bits per heavy atom. The second kappa shape index (κ2) is 15.1. The molecule has 0 radical (unpaired) electrons. The molecule has 0 aliphatic carbocycles. The van der Waals surface area contributed by atoms with Crippen molar-refractivity contribution in [2.45, 2.75) is 47.7 Å². The lowest BCUT2D eigenvalue weighted by molar-refractivity contribution is 0.466. The second-order valence-corrected chi connectivity index (χ2v) is 14.6. The van der Waals surface area contributed by atoms with Crippen LogP contribution in [0.3, 0.4) is 0 Å². The van der Waals surface area contributed by atoms with Crippen molar-refractivity contribution >= 4 is 54.2 Å². The highest BCUT2D eigenvalue weighted by Gasteiger charge is 2.20. The molecular weight excluding hydrogens is 822 g/mol. The zero-order valence-electron chi connectivity index (χ0n) is 29.8. The molecule has 54 heavy (non-hydrogen) atoms. The van der Waals surface area contributed by atoms with Gasteiger partial charge in [0.1, 0.15) is 51.7 Å². The average Bonchev–Trinajstić information content (AvgIpc) is 3.66. The van der Waals surface area contributed by atoms with Crippen LogP contribution in [0.2, 0.25) is 0 Å². The highest BCUT2D eigenvalue weighted by atomic mass is 79.9. The van der Waals surface area contributed by atoms with Crippen LogP contribution < -0.4 is 0 Å². The van der Waals surface area contributed by atoms with Crippen LogP contribution in [0.15, 0.2) is 82.3 Å². The number of halogens is 4. The Morgan fingerprint density at radius 2 is 1.04 bits per heavy atom. The fourth-order valence-corrected chi connectivity index (χ4v) is 7.03. The zero-order chi connectivity index (χ0) is 38.3. The first-order chi connectivity index (χ1) is 25.8. The SMILES string of the molecule is Cc1nc(C)c2nc(-c3cncc(F)c3)n(Cc3ccc(Br)cc3C)c2n1.Cc1nc(C)c2nc(-c3cncc(F)c3)n(Cc3ccc(Br)cc3O)c2n1. The van der Waals surface area contributed by atoms with Crippen LogP contribution in [0.1, 0.15) is 39.7 Å². The molecular formula is C39H32Br2F2N10O. The molecule has 0 unspecified atom stereocenters. The molecule has 6 heterocycles. The molecule has 0 amide bonds. The van der Waals surface area contributed by atoms with Crippen molar-refractivity contribution in [2.75, 3.05) is 0 Å². The summed E-state index contributed by atoms with van der Waals surface area (Å²) < 4.78 is 33.2. The summed E-state index contributed by atoms with van der Waals surface area (Å²) in [6, 6.07) is 14.3. The van der Waals surface area contributed by atoms with E-state index in [1.807, 2.05) is 55.0 Å². The summed E-state index contributed by atoms with van der Waals surface area (Å²) in [5, 5.41) is 10.3. The predicted molar refractivity (Wildman–Crippen MR) is 209 cm³/mol. The number of aryl methyl sites for hydroxylation is 5. The van der Waals surface area contributed by atoms with Crippen LogP contribution in [0, 0.1) is 46.3 Å². The van der Waals surface area contributed by atoms with Crippen LogP contribution in [0.25, 0.3) is 45.1 Å². The van der Waals surface area contributed by atoms with Crippen molar-refractivity contribution in [3.05, 3.63) is 134 Å². The van der Waals surface area contributed by atoms with Crippen molar-refractivity contribution in [1.82, 2.24) is 49.0 Å². The number of aromatic nitrogens is 10. The van der Waals surface area contributed by atoms with Crippen molar-refractivity contribution < 1.29 is 13.9 Å². The number of aromatic hydroxyl groups is 1. The van der Waals surface area contributed by atoms with Gasteiger partial charge in [0.2, 0.25) is 0 Å². The van der Waals surface area contributed by atoms with Gasteiger partial charge in [0.15, 0.2) is 11.3 Å². The number of nitrogens with zero attached hydrogens (tertiary/aromatic N) is 10. The fraction of sp³-hybridized carbons (Fsp3) is 0.179. The van der Waals surface area contributed by atoms with Gasteiger partial charge >= 0.3 is 0 Å². The second-order valence-electron chi connectivity index (χ2n) is 12.7. The molecule has 0 aliphatic rings. The number of rotatable bonds is 6. The molecule has 272 valence electrons. The van der Waals surface area contributed by atoms with Crippen LogP contribution in [0.4, 0.5) is 8.78 Å². The van der Waals surface area contributed by atoms with E-state index in [1.54, 1.807) is 18.5 Å². The van der Waals surface area contributed by atoms with Crippen molar-refractivity contribution in [1.29, 1.82) is 0 Å². The average molecular weight is 855 g/mol. The lowest BCUT2D eigenvalue weighted by atomic mass is 10.1. The summed E-state index contributed by atoms with van der Waals surface area (Å²) in [6.07, 6.45) is 5.50. The zero-order valence-corrected chi connectivity index (χ0v) is 32.9. The maximum atomic E-state index is 13.8. The summed E-state index contributed by atoms with van der Waals surface area (Å²) in [4.78, 5) is 35.2. The van der Waals surface area contributed by atoms with E-state index < -0.39 is 11.6 Å². The number of hydrogen-bond donors (Lipinski definition) is 1. The van der Waals surface area contributed by atoms with Crippen molar-refractivity contribution in [3.8, 4) is 28.5 Å². The number of imidazole rings is 2. The lowest BCUT2D eigenvalue weighted by Crippen LogP contribution is -2.06. The molecule has 0 aliphatic heterocycles. The third-order valence-electron chi connectivity index (χ3n) is 8.70. The third-order valence-corrected chi connectivity index (χ3v) is 9.68. The van der Waals surface area contributed by atoms with E-state index in [0.717, 1.165) is 48.8 Å². The molecule has 6 aromatic heterocycles. The molecule has 0 atom stereocenters. The number of hydrogen-bond acceptors (Lipinski definition) is 9. The Bertz CT molecular complexity index is 2530. The first-order valence-corrected chi connectivity index (χ1v) is 18.3. The highest BCUT2D eigenvalue weighted by molar-refractivity contribution is 9.10. The Hall–Kier alpha value is -5.54. The molecule has 0 saturated heterocycles. The first kappa shape index (κ1) is 36.8. The summed E-state index contributed by atoms with van der Waals surface area (Å²) in [6.45, 7) is 10.4. The standard InChI is InChI=1S/C20H17BrFN5.C19H15BrFN5O/c1-11-6-16(21)5-4-14(11)10-27-19(15-7-17(22)9-23-8-15)26-18-12(2)24-13(3)25-20(18)27;1-10-17-19(24-11(2)23-10)26(9-12-3-4-14(20)6-16(12)27)18(25-17)13-5-15(21)8-22-7-13/h4-9H,10H2,1-3H3;3-8,27H,9H2,1-2H3. The Morgan fingerprint density at radius 1 is 0.574 bits per heavy atom. The molecule has 8 rings (SSSR count). The summed E-state index contributed by atoms with van der Waals surface area (Å²) in [7, 11) is 0. The summed E-state index contributed by atoms with van der Waals surface area (Å²) in [5.74, 6) is 1.74. The van der Waals surface area contributed by atoms with Gasteiger partial charge in [-0.2, -0.15) is 0 Å². The molecule has 0 bridgehead atoms. The highest BCUT2D eigenvalue weighted by Crippen LogP contribution is 2.30. The van der Waals surface area contributed by atoms with Crippen LogP contribution in [-0.2, 0) is 13.1 Å². The third kappa shape index (κ3) is 7.59. The van der Waals surface area contributed by atoms with Gasteiger partial charge in [0, 0.05) is 38.0 Å². The summed E-state index contributed by atoms with van der Waals surface area (Å²) >= 11 is 6.85. The molecule has 1 N–H and O–H groups in total. The van der Waals surface area contributed by atoms with Crippen LogP contribution in [0.5, 0.6) is 5.75 Å². The van der Waals surface area contributed by atoms with E-state index in [1.165, 1.54) is 18.3 Å². The van der Waals surface area contributed by atoms with E-state index in [0.29, 0.717) is 64.2 Å². The number of pyridine rings is 2. The van der Waals surface area contributed by atoms with E-state index in [4.69, 9.17) is 4.98 Å². The topological polar surface area (TPSA) is 133 Å². The number of benzene rings is 2. The Balaban J connectivity index is 0.000000167. The number of fused-ring (bicyclic) bond motifs is 2. The van der Waals surface area contributed by atoms with Gasteiger partial charge in [-0.1, -0.05) is 44.0 Å². The minimum absolute atomic E-state index is 0.150. The van der Waals surface area contributed by atoms with Crippen molar-refractivity contribution in [3.63, 3.8) is 0 Å². The Labute approximate surface area is 325 Å². The van der Waals surface area contributed by atoms with Gasteiger partial charge < -0.3 is 14.2 Å².